The average Bonchev–Trinajstić information content (AvgIpc) is 2.26. The summed E-state index contributed by atoms with van der Waals surface area (Å²) in [5.74, 6) is -0.376. The van der Waals surface area contributed by atoms with Gasteiger partial charge in [-0.3, -0.25) is 10.5 Å². The quantitative estimate of drug-likeness (QED) is 0.846. The molecule has 0 aliphatic carbocycles. The Morgan fingerprint density at radius 1 is 1.12 bits per heavy atom. The second-order valence-corrected chi connectivity index (χ2v) is 3.93. The molecule has 2 aromatic carbocycles. The van der Waals surface area contributed by atoms with Crippen molar-refractivity contribution in [3.8, 4) is 11.5 Å². The Morgan fingerprint density at radius 2 is 1.88 bits per heavy atom. The minimum atomic E-state index is -0.637. The topological polar surface area (TPSA) is 81.3 Å². The smallest absolute Gasteiger partial charge is 0.238 e. The molecule has 0 bridgehead atoms. The van der Waals surface area contributed by atoms with E-state index in [1.807, 2.05) is 0 Å². The zero-order valence-electron chi connectivity index (χ0n) is 9.10. The highest BCUT2D eigenvalue weighted by Crippen LogP contribution is 2.28. The molecule has 1 amide bonds. The first kappa shape index (κ1) is 11.3. The molecule has 2 rings (SSSR count). The fourth-order valence-corrected chi connectivity index (χ4v) is 1.86. The zero-order valence-corrected chi connectivity index (χ0v) is 9.10. The minimum absolute atomic E-state index is 0.105. The molecule has 3 N–H and O–H groups in total. The minimum Gasteiger partial charge on any atom is -0.508 e. The van der Waals surface area contributed by atoms with E-state index in [2.05, 4.69) is 0 Å². The predicted octanol–water partition coefficient (Wildman–Crippen LogP) is 1.99. The van der Waals surface area contributed by atoms with Crippen LogP contribution in [-0.2, 0) is 11.2 Å². The van der Waals surface area contributed by atoms with Crippen molar-refractivity contribution in [1.29, 1.82) is 0 Å². The zero-order chi connectivity index (χ0) is 12.4. The second-order valence-electron chi connectivity index (χ2n) is 3.93. The summed E-state index contributed by atoms with van der Waals surface area (Å²) in [4.78, 5) is 10.7. The summed E-state index contributed by atoms with van der Waals surface area (Å²) in [5.41, 5.74) is 7.64. The molecule has 17 heavy (non-hydrogen) atoms. The third kappa shape index (κ3) is 2.47. The maximum Gasteiger partial charge on any atom is 0.238 e. The van der Waals surface area contributed by atoms with E-state index in [1.165, 1.54) is 0 Å². The first-order chi connectivity index (χ1) is 8.06. The van der Waals surface area contributed by atoms with Crippen molar-refractivity contribution >= 4 is 16.7 Å². The summed E-state index contributed by atoms with van der Waals surface area (Å²) < 4.78 is 0. The number of aromatic hydroxyl groups is 2. The first-order valence-electron chi connectivity index (χ1n) is 5.25. The van der Waals surface area contributed by atoms with Gasteiger partial charge in [-0.15, -0.1) is 0 Å². The number of benzene rings is 2. The van der Waals surface area contributed by atoms with Crippen LogP contribution < -0.4 is 5.73 Å². The van der Waals surface area contributed by atoms with Gasteiger partial charge in [0.15, 0.2) is 0 Å². The summed E-state index contributed by atoms with van der Waals surface area (Å²) in [6.45, 7) is 0. The molecule has 0 aromatic heterocycles. The Balaban J connectivity index is 2.51. The van der Waals surface area contributed by atoms with E-state index in [-0.39, 0.29) is 17.9 Å². The highest BCUT2D eigenvalue weighted by molar-refractivity contribution is 5.88. The number of fused-ring (bicyclic) bond motifs is 1. The van der Waals surface area contributed by atoms with Gasteiger partial charge in [0, 0.05) is 6.42 Å². The monoisotopic (exact) mass is 230 g/mol. The molecule has 1 radical (unpaired) electrons. The van der Waals surface area contributed by atoms with Gasteiger partial charge in [0.2, 0.25) is 5.91 Å². The molecule has 2 aromatic rings. The third-order valence-electron chi connectivity index (χ3n) is 2.63. The number of rotatable bonds is 3. The lowest BCUT2D eigenvalue weighted by Crippen LogP contribution is -2.00. The summed E-state index contributed by atoms with van der Waals surface area (Å²) >= 11 is 0. The van der Waals surface area contributed by atoms with Gasteiger partial charge in [0.25, 0.3) is 0 Å². The third-order valence-corrected chi connectivity index (χ3v) is 2.63. The van der Waals surface area contributed by atoms with Crippen LogP contribution >= 0.6 is 0 Å². The van der Waals surface area contributed by atoms with Crippen molar-refractivity contribution in [3.63, 3.8) is 0 Å². The molecule has 0 spiro atoms. The number of phenolic OH excluding ortho intramolecular Hbond substituents is 2. The van der Waals surface area contributed by atoms with Crippen LogP contribution in [0.25, 0.3) is 10.8 Å². The van der Waals surface area contributed by atoms with Crippen LogP contribution in [0.3, 0.4) is 0 Å². The number of phenols is 2. The van der Waals surface area contributed by atoms with Crippen molar-refractivity contribution in [1.82, 2.24) is 5.73 Å². The molecule has 0 atom stereocenters. The summed E-state index contributed by atoms with van der Waals surface area (Å²) in [5, 5.41) is 20.6. The molecule has 0 heterocycles. The molecule has 0 saturated carbocycles. The van der Waals surface area contributed by atoms with Gasteiger partial charge in [0.05, 0.1) is 0 Å². The molecular formula is C13H12NO3. The summed E-state index contributed by atoms with van der Waals surface area (Å²) in [6.07, 6.45) is 0.491. The Bertz CT molecular complexity index is 578. The fraction of sp³-hybridized carbons (Fsp3) is 0.154. The van der Waals surface area contributed by atoms with Crippen LogP contribution in [-0.4, -0.2) is 16.1 Å². The number of aryl methyl sites for hydroxylation is 1. The van der Waals surface area contributed by atoms with Gasteiger partial charge in [-0.2, -0.15) is 0 Å². The number of hydrogen-bond donors (Lipinski definition) is 2. The Labute approximate surface area is 98.3 Å². The van der Waals surface area contributed by atoms with E-state index in [4.69, 9.17) is 5.73 Å². The van der Waals surface area contributed by atoms with E-state index in [9.17, 15) is 15.0 Å². The number of carbonyl (C=O) groups excluding carboxylic acids is 1. The fourth-order valence-electron chi connectivity index (χ4n) is 1.86. The predicted molar refractivity (Wildman–Crippen MR) is 63.7 cm³/mol. The van der Waals surface area contributed by atoms with Crippen molar-refractivity contribution in [3.05, 3.63) is 35.9 Å². The van der Waals surface area contributed by atoms with Crippen LogP contribution in [0, 0.1) is 0 Å². The molecule has 4 nitrogen and oxygen atoms in total. The summed E-state index contributed by atoms with van der Waals surface area (Å²) in [6, 6.07) is 8.00. The second kappa shape index (κ2) is 4.33. The Kier molecular flexibility index (Phi) is 2.87. The normalized spacial score (nSPS) is 10.6. The number of carbonyl (C=O) groups is 1. The molecule has 87 valence electrons. The molecule has 0 aliphatic heterocycles. The van der Waals surface area contributed by atoms with Gasteiger partial charge >= 0.3 is 0 Å². The van der Waals surface area contributed by atoms with Crippen LogP contribution in [0.1, 0.15) is 12.0 Å². The lowest BCUT2D eigenvalue weighted by Gasteiger charge is -2.07. The Hall–Kier alpha value is -2.23. The van der Waals surface area contributed by atoms with E-state index in [1.54, 1.807) is 30.3 Å². The standard InChI is InChI=1S/C13H12NO3/c14-13(17)4-2-9-6-11(16)5-8-1-3-10(15)7-12(8)9/h1,3,5-7,14-16H,2,4H2. The maximum atomic E-state index is 10.7. The van der Waals surface area contributed by atoms with Gasteiger partial charge < -0.3 is 10.2 Å². The van der Waals surface area contributed by atoms with Crippen LogP contribution in [0.15, 0.2) is 30.3 Å². The van der Waals surface area contributed by atoms with Gasteiger partial charge in [-0.1, -0.05) is 6.07 Å². The average molecular weight is 230 g/mol. The van der Waals surface area contributed by atoms with Crippen molar-refractivity contribution in [2.75, 3.05) is 0 Å². The van der Waals surface area contributed by atoms with Crippen LogP contribution in [0.4, 0.5) is 0 Å². The van der Waals surface area contributed by atoms with Gasteiger partial charge in [-0.25, -0.2) is 0 Å². The molecule has 0 fully saturated rings. The maximum absolute atomic E-state index is 10.7. The van der Waals surface area contributed by atoms with Crippen molar-refractivity contribution in [2.24, 2.45) is 0 Å². The number of nitrogens with one attached hydrogen (secondary N) is 1. The molecule has 0 unspecified atom stereocenters. The van der Waals surface area contributed by atoms with Gasteiger partial charge in [-0.05, 0) is 47.0 Å². The van der Waals surface area contributed by atoms with Crippen molar-refractivity contribution < 1.29 is 15.0 Å². The lowest BCUT2D eigenvalue weighted by molar-refractivity contribution is -0.118. The highest BCUT2D eigenvalue weighted by atomic mass is 16.3. The van der Waals surface area contributed by atoms with E-state index in [0.717, 1.165) is 16.3 Å². The van der Waals surface area contributed by atoms with E-state index in [0.29, 0.717) is 6.42 Å². The first-order valence-corrected chi connectivity index (χ1v) is 5.25. The Morgan fingerprint density at radius 3 is 2.59 bits per heavy atom. The van der Waals surface area contributed by atoms with E-state index < -0.39 is 5.91 Å². The van der Waals surface area contributed by atoms with Crippen LogP contribution in [0.2, 0.25) is 0 Å². The largest absolute Gasteiger partial charge is 0.508 e. The molecular weight excluding hydrogens is 218 g/mol. The van der Waals surface area contributed by atoms with Gasteiger partial charge in [0.1, 0.15) is 11.5 Å². The van der Waals surface area contributed by atoms with Crippen molar-refractivity contribution in [2.45, 2.75) is 12.8 Å². The molecule has 0 aliphatic rings. The SMILES string of the molecule is [NH]C(=O)CCc1cc(O)cc2ccc(O)cc12. The number of hydrogen-bond acceptors (Lipinski definition) is 3. The van der Waals surface area contributed by atoms with Crippen LogP contribution in [0.5, 0.6) is 11.5 Å². The van der Waals surface area contributed by atoms with E-state index >= 15 is 0 Å². The molecule has 0 saturated heterocycles. The highest BCUT2D eigenvalue weighted by Gasteiger charge is 2.06. The lowest BCUT2D eigenvalue weighted by atomic mass is 10.00. The summed E-state index contributed by atoms with van der Waals surface area (Å²) in [7, 11) is 0. The number of amides is 1. The molecule has 4 heteroatoms.